The maximum atomic E-state index is 12.2. The van der Waals surface area contributed by atoms with E-state index in [2.05, 4.69) is 12.6 Å². The lowest BCUT2D eigenvalue weighted by Crippen LogP contribution is -2.01. The molecule has 0 amide bonds. The Labute approximate surface area is 111 Å². The molecule has 0 saturated carbocycles. The maximum Gasteiger partial charge on any atom is 0.206 e. The summed E-state index contributed by atoms with van der Waals surface area (Å²) in [7, 11) is -3.49. The van der Waals surface area contributed by atoms with Crippen LogP contribution in [-0.2, 0) is 9.84 Å². The van der Waals surface area contributed by atoms with Crippen molar-refractivity contribution in [1.82, 2.24) is 0 Å². The molecule has 88 valence electrons. The minimum Gasteiger partial charge on any atom is -0.219 e. The summed E-state index contributed by atoms with van der Waals surface area (Å²) in [5, 5.41) is 0.506. The molecule has 0 fully saturated rings. The van der Waals surface area contributed by atoms with Gasteiger partial charge in [-0.3, -0.25) is 0 Å². The van der Waals surface area contributed by atoms with Gasteiger partial charge in [-0.1, -0.05) is 17.7 Å². The van der Waals surface area contributed by atoms with Gasteiger partial charge in [0.1, 0.15) is 0 Å². The Hall–Kier alpha value is -0.970. The monoisotopic (exact) mass is 284 g/mol. The van der Waals surface area contributed by atoms with Gasteiger partial charge < -0.3 is 0 Å². The Morgan fingerprint density at radius 2 is 1.59 bits per heavy atom. The Kier molecular flexibility index (Phi) is 3.47. The molecule has 0 heterocycles. The molecule has 0 saturated heterocycles. The van der Waals surface area contributed by atoms with E-state index in [0.717, 1.165) is 0 Å². The molecular formula is C12H9ClO2S2. The summed E-state index contributed by atoms with van der Waals surface area (Å²) >= 11 is 9.86. The van der Waals surface area contributed by atoms with Gasteiger partial charge in [-0.2, -0.15) is 0 Å². The molecule has 0 radical (unpaired) electrons. The lowest BCUT2D eigenvalue weighted by Gasteiger charge is -2.05. The molecule has 0 aliphatic heterocycles. The highest BCUT2D eigenvalue weighted by atomic mass is 35.5. The average molecular weight is 285 g/mol. The lowest BCUT2D eigenvalue weighted by molar-refractivity contribution is 0.596. The van der Waals surface area contributed by atoms with Gasteiger partial charge >= 0.3 is 0 Å². The standard InChI is InChI=1S/C12H9ClO2S2/c13-9-4-6-11(7-5-9)17(14,15)12-3-1-2-10(16)8-12/h1-8,16H. The van der Waals surface area contributed by atoms with Crippen molar-refractivity contribution in [3.05, 3.63) is 53.6 Å². The fraction of sp³-hybridized carbons (Fsp3) is 0. The summed E-state index contributed by atoms with van der Waals surface area (Å²) in [5.41, 5.74) is 0. The molecule has 2 nitrogen and oxygen atoms in total. The zero-order chi connectivity index (χ0) is 12.5. The predicted molar refractivity (Wildman–Crippen MR) is 70.6 cm³/mol. The van der Waals surface area contributed by atoms with E-state index in [4.69, 9.17) is 11.6 Å². The quantitative estimate of drug-likeness (QED) is 0.857. The summed E-state index contributed by atoms with van der Waals surface area (Å²) < 4.78 is 24.4. The van der Waals surface area contributed by atoms with Gasteiger partial charge in [-0.15, -0.1) is 12.6 Å². The number of hydrogen-bond donors (Lipinski definition) is 1. The third-order valence-electron chi connectivity index (χ3n) is 2.25. The van der Waals surface area contributed by atoms with E-state index in [1.54, 1.807) is 30.3 Å². The zero-order valence-electron chi connectivity index (χ0n) is 8.67. The fourth-order valence-corrected chi connectivity index (χ4v) is 3.15. The molecule has 0 spiro atoms. The van der Waals surface area contributed by atoms with Crippen LogP contribution in [0.2, 0.25) is 5.02 Å². The molecule has 2 rings (SSSR count). The second-order valence-corrected chi connectivity index (χ2v) is 6.36. The Morgan fingerprint density at radius 3 is 2.18 bits per heavy atom. The van der Waals surface area contributed by atoms with E-state index in [9.17, 15) is 8.42 Å². The van der Waals surface area contributed by atoms with E-state index in [-0.39, 0.29) is 9.79 Å². The largest absolute Gasteiger partial charge is 0.219 e. The van der Waals surface area contributed by atoms with E-state index < -0.39 is 9.84 Å². The topological polar surface area (TPSA) is 34.1 Å². The van der Waals surface area contributed by atoms with Crippen LogP contribution >= 0.6 is 24.2 Å². The fourth-order valence-electron chi connectivity index (χ4n) is 1.40. The summed E-state index contributed by atoms with van der Waals surface area (Å²) in [4.78, 5) is 1.06. The van der Waals surface area contributed by atoms with Crippen LogP contribution < -0.4 is 0 Å². The molecule has 5 heteroatoms. The second-order valence-electron chi connectivity index (χ2n) is 3.45. The molecule has 0 N–H and O–H groups in total. The highest BCUT2D eigenvalue weighted by molar-refractivity contribution is 7.91. The van der Waals surface area contributed by atoms with Crippen molar-refractivity contribution in [3.8, 4) is 0 Å². The Morgan fingerprint density at radius 1 is 0.941 bits per heavy atom. The number of halogens is 1. The van der Waals surface area contributed by atoms with E-state index >= 15 is 0 Å². The summed E-state index contributed by atoms with van der Waals surface area (Å²) in [5.74, 6) is 0. The van der Waals surface area contributed by atoms with Crippen LogP contribution in [0.4, 0.5) is 0 Å². The number of hydrogen-bond acceptors (Lipinski definition) is 3. The molecule has 0 aliphatic carbocycles. The van der Waals surface area contributed by atoms with Gasteiger partial charge in [0.15, 0.2) is 0 Å². The van der Waals surface area contributed by atoms with Gasteiger partial charge in [-0.05, 0) is 42.5 Å². The minimum atomic E-state index is -3.49. The van der Waals surface area contributed by atoms with Crippen LogP contribution in [0.5, 0.6) is 0 Å². The Balaban J connectivity index is 2.54. The van der Waals surface area contributed by atoms with Crippen molar-refractivity contribution in [2.45, 2.75) is 14.7 Å². The summed E-state index contributed by atoms with van der Waals surface area (Å²) in [6, 6.07) is 12.5. The molecule has 0 atom stereocenters. The highest BCUT2D eigenvalue weighted by Gasteiger charge is 2.17. The highest BCUT2D eigenvalue weighted by Crippen LogP contribution is 2.23. The maximum absolute atomic E-state index is 12.2. The van der Waals surface area contributed by atoms with Gasteiger partial charge in [0.2, 0.25) is 9.84 Å². The first-order valence-electron chi connectivity index (χ1n) is 4.80. The van der Waals surface area contributed by atoms with Crippen LogP contribution in [-0.4, -0.2) is 8.42 Å². The van der Waals surface area contributed by atoms with Gasteiger partial charge in [0, 0.05) is 9.92 Å². The van der Waals surface area contributed by atoms with Crippen LogP contribution in [0.3, 0.4) is 0 Å². The predicted octanol–water partition coefficient (Wildman–Crippen LogP) is 3.46. The number of benzene rings is 2. The molecule has 0 aromatic heterocycles. The smallest absolute Gasteiger partial charge is 0.206 e. The van der Waals surface area contributed by atoms with Crippen molar-refractivity contribution in [1.29, 1.82) is 0 Å². The molecular weight excluding hydrogens is 276 g/mol. The van der Waals surface area contributed by atoms with Crippen molar-refractivity contribution < 1.29 is 8.42 Å². The first-order valence-corrected chi connectivity index (χ1v) is 7.11. The number of thiol groups is 1. The third kappa shape index (κ3) is 2.65. The van der Waals surface area contributed by atoms with Crippen LogP contribution in [0, 0.1) is 0 Å². The van der Waals surface area contributed by atoms with E-state index in [1.807, 2.05) is 0 Å². The van der Waals surface area contributed by atoms with Crippen molar-refractivity contribution in [2.75, 3.05) is 0 Å². The average Bonchev–Trinajstić information content (AvgIpc) is 2.29. The SMILES string of the molecule is O=S(=O)(c1ccc(Cl)cc1)c1cccc(S)c1. The lowest BCUT2D eigenvalue weighted by atomic mass is 10.4. The van der Waals surface area contributed by atoms with Gasteiger partial charge in [0.05, 0.1) is 9.79 Å². The molecule has 2 aromatic rings. The molecule has 0 aliphatic rings. The number of sulfone groups is 1. The van der Waals surface area contributed by atoms with Crippen molar-refractivity contribution in [3.63, 3.8) is 0 Å². The first-order chi connectivity index (χ1) is 8.00. The van der Waals surface area contributed by atoms with Crippen molar-refractivity contribution in [2.24, 2.45) is 0 Å². The second kappa shape index (κ2) is 4.72. The molecule has 0 bridgehead atoms. The Bertz CT molecular complexity index is 634. The number of rotatable bonds is 2. The summed E-state index contributed by atoms with van der Waals surface area (Å²) in [6.07, 6.45) is 0. The first kappa shape index (κ1) is 12.5. The van der Waals surface area contributed by atoms with Crippen LogP contribution in [0.15, 0.2) is 63.2 Å². The third-order valence-corrected chi connectivity index (χ3v) is 4.55. The van der Waals surface area contributed by atoms with Crippen molar-refractivity contribution >= 4 is 34.1 Å². The zero-order valence-corrected chi connectivity index (χ0v) is 11.1. The van der Waals surface area contributed by atoms with Gasteiger partial charge in [-0.25, -0.2) is 8.42 Å². The van der Waals surface area contributed by atoms with E-state index in [1.165, 1.54) is 18.2 Å². The molecule has 2 aromatic carbocycles. The molecule has 17 heavy (non-hydrogen) atoms. The minimum absolute atomic E-state index is 0.223. The normalized spacial score (nSPS) is 11.4. The van der Waals surface area contributed by atoms with Crippen LogP contribution in [0.25, 0.3) is 0 Å². The summed E-state index contributed by atoms with van der Waals surface area (Å²) in [6.45, 7) is 0. The van der Waals surface area contributed by atoms with Crippen LogP contribution in [0.1, 0.15) is 0 Å². The van der Waals surface area contributed by atoms with Gasteiger partial charge in [0.25, 0.3) is 0 Å². The van der Waals surface area contributed by atoms with E-state index in [0.29, 0.717) is 9.92 Å². The molecule has 0 unspecified atom stereocenters.